The summed E-state index contributed by atoms with van der Waals surface area (Å²) in [5.74, 6) is 0.959. The van der Waals surface area contributed by atoms with Crippen molar-refractivity contribution in [1.29, 1.82) is 0 Å². The average molecular weight is 210 g/mol. The number of nitrogens with one attached hydrogen (secondary N) is 1. The van der Waals surface area contributed by atoms with E-state index >= 15 is 0 Å². The number of nitrogens with zero attached hydrogens (tertiary/aromatic N) is 1. The smallest absolute Gasteiger partial charge is 0.221 e. The molecular weight excluding hydrogens is 196 g/mol. The maximum Gasteiger partial charge on any atom is 0.221 e. The van der Waals surface area contributed by atoms with Crippen LogP contribution in [0, 0.1) is 0 Å². The number of thioether (sulfide) groups is 1. The van der Waals surface area contributed by atoms with Gasteiger partial charge < -0.3 is 5.32 Å². The van der Waals surface area contributed by atoms with Crippen molar-refractivity contribution >= 4 is 23.4 Å². The van der Waals surface area contributed by atoms with Crippen LogP contribution in [-0.2, 0) is 4.79 Å². The van der Waals surface area contributed by atoms with Crippen LogP contribution in [0.2, 0.25) is 0 Å². The molecule has 1 aromatic heterocycles. The van der Waals surface area contributed by atoms with E-state index in [-0.39, 0.29) is 5.91 Å². The second kappa shape index (κ2) is 5.65. The Hall–Kier alpha value is -1.03. The van der Waals surface area contributed by atoms with Crippen molar-refractivity contribution in [1.82, 2.24) is 4.98 Å². The molecule has 0 unspecified atom stereocenters. The normalized spacial score (nSPS) is 9.86. The van der Waals surface area contributed by atoms with Crippen molar-refractivity contribution in [2.75, 3.05) is 11.1 Å². The third kappa shape index (κ3) is 3.38. The lowest BCUT2D eigenvalue weighted by Gasteiger charge is -2.06. The van der Waals surface area contributed by atoms with Crippen LogP contribution < -0.4 is 5.32 Å². The molecule has 1 aromatic rings. The van der Waals surface area contributed by atoms with Gasteiger partial charge in [-0.25, -0.2) is 4.98 Å². The van der Waals surface area contributed by atoms with Crippen LogP contribution >= 0.6 is 11.8 Å². The van der Waals surface area contributed by atoms with Crippen LogP contribution in [0.25, 0.3) is 0 Å². The zero-order valence-corrected chi connectivity index (χ0v) is 9.23. The summed E-state index contributed by atoms with van der Waals surface area (Å²) in [6.45, 7) is 3.62. The molecule has 0 spiro atoms. The van der Waals surface area contributed by atoms with Crippen LogP contribution in [0.15, 0.2) is 23.4 Å². The van der Waals surface area contributed by atoms with E-state index in [1.165, 1.54) is 6.92 Å². The van der Waals surface area contributed by atoms with Crippen LogP contribution in [-0.4, -0.2) is 16.6 Å². The standard InChI is InChI=1S/C10H14N2OS/c1-3-7-14-10-9(12-8(2)13)5-4-6-11-10/h4-6H,3,7H2,1-2H3,(H,12,13). The van der Waals surface area contributed by atoms with Crippen molar-refractivity contribution in [3.05, 3.63) is 18.3 Å². The molecular formula is C10H14N2OS. The molecule has 0 atom stereocenters. The summed E-state index contributed by atoms with van der Waals surface area (Å²) in [5, 5.41) is 3.65. The van der Waals surface area contributed by atoms with Crippen molar-refractivity contribution in [2.24, 2.45) is 0 Å². The van der Waals surface area contributed by atoms with Gasteiger partial charge in [0.05, 0.1) is 5.69 Å². The van der Waals surface area contributed by atoms with Gasteiger partial charge in [-0.05, 0) is 24.3 Å². The quantitative estimate of drug-likeness (QED) is 0.776. The summed E-state index contributed by atoms with van der Waals surface area (Å²) in [6.07, 6.45) is 2.84. The molecule has 0 radical (unpaired) electrons. The van der Waals surface area contributed by atoms with Crippen molar-refractivity contribution in [2.45, 2.75) is 25.3 Å². The predicted molar refractivity (Wildman–Crippen MR) is 59.6 cm³/mol. The Balaban J connectivity index is 2.74. The van der Waals surface area contributed by atoms with Gasteiger partial charge in [-0.1, -0.05) is 6.92 Å². The van der Waals surface area contributed by atoms with Gasteiger partial charge in [0, 0.05) is 13.1 Å². The van der Waals surface area contributed by atoms with Gasteiger partial charge in [-0.3, -0.25) is 4.79 Å². The first-order valence-electron chi connectivity index (χ1n) is 4.59. The minimum absolute atomic E-state index is 0.0589. The highest BCUT2D eigenvalue weighted by Crippen LogP contribution is 2.24. The van der Waals surface area contributed by atoms with Crippen LogP contribution in [0.5, 0.6) is 0 Å². The Kier molecular flexibility index (Phi) is 4.46. The number of carbonyl (C=O) groups excluding carboxylic acids is 1. The molecule has 0 aliphatic carbocycles. The molecule has 0 aliphatic heterocycles. The lowest BCUT2D eigenvalue weighted by Crippen LogP contribution is -2.07. The number of carbonyl (C=O) groups is 1. The van der Waals surface area contributed by atoms with E-state index in [2.05, 4.69) is 17.2 Å². The zero-order valence-electron chi connectivity index (χ0n) is 8.41. The van der Waals surface area contributed by atoms with Crippen LogP contribution in [0.1, 0.15) is 20.3 Å². The molecule has 1 heterocycles. The van der Waals surface area contributed by atoms with Crippen LogP contribution in [0.4, 0.5) is 5.69 Å². The fourth-order valence-electron chi connectivity index (χ4n) is 0.989. The fourth-order valence-corrected chi connectivity index (χ4v) is 1.80. The van der Waals surface area contributed by atoms with E-state index in [9.17, 15) is 4.79 Å². The molecule has 14 heavy (non-hydrogen) atoms. The average Bonchev–Trinajstić information content (AvgIpc) is 2.16. The first-order valence-corrected chi connectivity index (χ1v) is 5.58. The lowest BCUT2D eigenvalue weighted by molar-refractivity contribution is -0.114. The maximum atomic E-state index is 10.9. The van der Waals surface area contributed by atoms with Gasteiger partial charge in [0.25, 0.3) is 0 Å². The summed E-state index contributed by atoms with van der Waals surface area (Å²) >= 11 is 1.66. The molecule has 0 saturated carbocycles. The lowest BCUT2D eigenvalue weighted by atomic mass is 10.4. The highest BCUT2D eigenvalue weighted by Gasteiger charge is 2.03. The van der Waals surface area contributed by atoms with Gasteiger partial charge in [0.15, 0.2) is 0 Å². The maximum absolute atomic E-state index is 10.9. The number of hydrogen-bond donors (Lipinski definition) is 1. The Morgan fingerprint density at radius 3 is 3.07 bits per heavy atom. The summed E-state index contributed by atoms with van der Waals surface area (Å²) < 4.78 is 0. The van der Waals surface area contributed by atoms with Crippen molar-refractivity contribution in [3.63, 3.8) is 0 Å². The molecule has 0 bridgehead atoms. The van der Waals surface area contributed by atoms with Crippen LogP contribution in [0.3, 0.4) is 0 Å². The number of aromatic nitrogens is 1. The van der Waals surface area contributed by atoms with E-state index in [1.807, 2.05) is 12.1 Å². The monoisotopic (exact) mass is 210 g/mol. The SMILES string of the molecule is CCCSc1ncccc1NC(C)=O. The highest BCUT2D eigenvalue weighted by atomic mass is 32.2. The molecule has 0 aromatic carbocycles. The number of pyridine rings is 1. The summed E-state index contributed by atoms with van der Waals surface area (Å²) in [4.78, 5) is 15.1. The summed E-state index contributed by atoms with van der Waals surface area (Å²) in [6, 6.07) is 3.69. The van der Waals surface area contributed by atoms with E-state index in [0.717, 1.165) is 22.9 Å². The molecule has 4 heteroatoms. The number of hydrogen-bond acceptors (Lipinski definition) is 3. The summed E-state index contributed by atoms with van der Waals surface area (Å²) in [5.41, 5.74) is 0.804. The molecule has 0 aliphatic rings. The molecule has 1 amide bonds. The Bertz CT molecular complexity index is 315. The minimum Gasteiger partial charge on any atom is -0.324 e. The molecule has 1 N–H and O–H groups in total. The third-order valence-electron chi connectivity index (χ3n) is 1.52. The Morgan fingerprint density at radius 2 is 2.43 bits per heavy atom. The number of amides is 1. The Morgan fingerprint density at radius 1 is 1.64 bits per heavy atom. The highest BCUT2D eigenvalue weighted by molar-refractivity contribution is 7.99. The predicted octanol–water partition coefficient (Wildman–Crippen LogP) is 2.54. The number of anilines is 1. The fraction of sp³-hybridized carbons (Fsp3) is 0.400. The van der Waals surface area contributed by atoms with Gasteiger partial charge in [0.2, 0.25) is 5.91 Å². The molecule has 0 saturated heterocycles. The van der Waals surface area contributed by atoms with Gasteiger partial charge in [-0.2, -0.15) is 0 Å². The molecule has 0 fully saturated rings. The third-order valence-corrected chi connectivity index (χ3v) is 2.74. The summed E-state index contributed by atoms with van der Waals surface area (Å²) in [7, 11) is 0. The van der Waals surface area contributed by atoms with E-state index in [1.54, 1.807) is 18.0 Å². The number of rotatable bonds is 4. The van der Waals surface area contributed by atoms with Gasteiger partial charge >= 0.3 is 0 Å². The zero-order chi connectivity index (χ0) is 10.4. The second-order valence-electron chi connectivity index (χ2n) is 2.89. The van der Waals surface area contributed by atoms with E-state index in [0.29, 0.717) is 0 Å². The molecule has 3 nitrogen and oxygen atoms in total. The van der Waals surface area contributed by atoms with E-state index < -0.39 is 0 Å². The minimum atomic E-state index is -0.0589. The van der Waals surface area contributed by atoms with Crippen molar-refractivity contribution in [3.8, 4) is 0 Å². The van der Waals surface area contributed by atoms with E-state index in [4.69, 9.17) is 0 Å². The van der Waals surface area contributed by atoms with Crippen molar-refractivity contribution < 1.29 is 4.79 Å². The molecule has 1 rings (SSSR count). The first-order chi connectivity index (χ1) is 6.74. The molecule has 76 valence electrons. The topological polar surface area (TPSA) is 42.0 Å². The largest absolute Gasteiger partial charge is 0.324 e. The first kappa shape index (κ1) is 11.0. The Labute approximate surface area is 88.3 Å². The second-order valence-corrected chi connectivity index (χ2v) is 3.97. The van der Waals surface area contributed by atoms with Gasteiger partial charge in [-0.15, -0.1) is 11.8 Å². The van der Waals surface area contributed by atoms with Gasteiger partial charge in [0.1, 0.15) is 5.03 Å².